The van der Waals surface area contributed by atoms with Crippen LogP contribution in [0.1, 0.15) is 25.7 Å². The quantitative estimate of drug-likeness (QED) is 0.462. The van der Waals surface area contributed by atoms with Crippen molar-refractivity contribution in [1.29, 1.82) is 0 Å². The van der Waals surface area contributed by atoms with Crippen molar-refractivity contribution in [2.24, 2.45) is 0 Å². The van der Waals surface area contributed by atoms with Crippen LogP contribution in [-0.4, -0.2) is 40.6 Å². The number of hydrogen-bond acceptors (Lipinski definition) is 4. The van der Waals surface area contributed by atoms with Crippen molar-refractivity contribution in [3.05, 3.63) is 75.5 Å². The number of aryl methyl sites for hydroxylation is 1. The van der Waals surface area contributed by atoms with Gasteiger partial charge in [0, 0.05) is 25.2 Å². The molecule has 2 heterocycles. The zero-order chi connectivity index (χ0) is 22.3. The zero-order valence-electron chi connectivity index (χ0n) is 16.9. The molecule has 158 valence electrons. The van der Waals surface area contributed by atoms with Crippen molar-refractivity contribution in [2.45, 2.75) is 6.92 Å². The van der Waals surface area contributed by atoms with Gasteiger partial charge in [0.05, 0.1) is 26.8 Å². The number of fused-ring (bicyclic) bond motifs is 1. The molecule has 0 unspecified atom stereocenters. The number of benzene rings is 2. The lowest BCUT2D eigenvalue weighted by molar-refractivity contribution is 0.0827. The van der Waals surface area contributed by atoms with Gasteiger partial charge in [-0.05, 0) is 55.5 Å². The molecule has 0 atom stereocenters. The Morgan fingerprint density at radius 3 is 2.52 bits per heavy atom. The van der Waals surface area contributed by atoms with Gasteiger partial charge in [0.25, 0.3) is 11.8 Å². The Kier molecular flexibility index (Phi) is 5.51. The number of carbonyl (C=O) groups excluding carboxylic acids is 2. The highest BCUT2D eigenvalue weighted by atomic mass is 35.5. The summed E-state index contributed by atoms with van der Waals surface area (Å²) < 4.78 is 15.0. The maximum absolute atomic E-state index is 13.3. The van der Waals surface area contributed by atoms with E-state index in [1.165, 1.54) is 28.4 Å². The number of aromatic nitrogens is 2. The van der Waals surface area contributed by atoms with Gasteiger partial charge in [-0.1, -0.05) is 11.6 Å². The standard InChI is InChI=1S/C22H18ClFN4O2S/c1-12-16-11-19(31-22(16)28(26-12)15-7-4-13(24)5-8-15)20(29)25-14-6-9-18(23)17(10-14)21(30)27(2)3/h4-11H,1-3H3,(H,25,29). The predicted molar refractivity (Wildman–Crippen MR) is 121 cm³/mol. The number of hydrogen-bond donors (Lipinski definition) is 1. The van der Waals surface area contributed by atoms with Crippen LogP contribution in [0, 0.1) is 12.7 Å². The second-order valence-electron chi connectivity index (χ2n) is 7.15. The molecule has 2 aromatic carbocycles. The number of amides is 2. The first-order chi connectivity index (χ1) is 14.7. The summed E-state index contributed by atoms with van der Waals surface area (Å²) >= 11 is 7.42. The summed E-state index contributed by atoms with van der Waals surface area (Å²) in [5, 5.41) is 8.49. The average molecular weight is 457 g/mol. The largest absolute Gasteiger partial charge is 0.345 e. The molecule has 0 saturated carbocycles. The Hall–Kier alpha value is -3.23. The second-order valence-corrected chi connectivity index (χ2v) is 8.59. The van der Waals surface area contributed by atoms with Crippen LogP contribution in [0.25, 0.3) is 15.9 Å². The van der Waals surface area contributed by atoms with Crippen molar-refractivity contribution in [3.8, 4) is 5.69 Å². The highest BCUT2D eigenvalue weighted by Crippen LogP contribution is 2.31. The van der Waals surface area contributed by atoms with E-state index in [9.17, 15) is 14.0 Å². The molecule has 4 aromatic rings. The van der Waals surface area contributed by atoms with E-state index in [2.05, 4.69) is 10.4 Å². The number of carbonyl (C=O) groups is 2. The third kappa shape index (κ3) is 4.04. The third-order valence-corrected chi connectivity index (χ3v) is 6.14. The summed E-state index contributed by atoms with van der Waals surface area (Å²) in [7, 11) is 3.27. The van der Waals surface area contributed by atoms with Gasteiger partial charge in [-0.25, -0.2) is 9.07 Å². The van der Waals surface area contributed by atoms with Crippen LogP contribution in [0.5, 0.6) is 0 Å². The molecule has 4 rings (SSSR count). The van der Waals surface area contributed by atoms with Crippen LogP contribution in [-0.2, 0) is 0 Å². The van der Waals surface area contributed by atoms with Crippen molar-refractivity contribution >= 4 is 50.7 Å². The maximum atomic E-state index is 13.3. The summed E-state index contributed by atoms with van der Waals surface area (Å²) in [6, 6.07) is 12.6. The molecule has 0 aliphatic carbocycles. The van der Waals surface area contributed by atoms with Crippen molar-refractivity contribution in [2.75, 3.05) is 19.4 Å². The van der Waals surface area contributed by atoms with E-state index in [-0.39, 0.29) is 17.6 Å². The fourth-order valence-electron chi connectivity index (χ4n) is 3.12. The number of halogens is 2. The molecular weight excluding hydrogens is 439 g/mol. The summed E-state index contributed by atoms with van der Waals surface area (Å²) in [5.74, 6) is -0.889. The molecule has 2 amide bonds. The lowest BCUT2D eigenvalue weighted by atomic mass is 10.1. The van der Waals surface area contributed by atoms with Gasteiger partial charge in [0.1, 0.15) is 10.6 Å². The Labute approximate surface area is 186 Å². The normalized spacial score (nSPS) is 11.0. The topological polar surface area (TPSA) is 67.2 Å². The molecule has 0 saturated heterocycles. The lowest BCUT2D eigenvalue weighted by Crippen LogP contribution is -2.22. The minimum atomic E-state index is -0.329. The van der Waals surface area contributed by atoms with Crippen LogP contribution in [0.15, 0.2) is 48.5 Å². The van der Waals surface area contributed by atoms with Crippen LogP contribution in [0.3, 0.4) is 0 Å². The minimum Gasteiger partial charge on any atom is -0.345 e. The van der Waals surface area contributed by atoms with Crippen molar-refractivity contribution < 1.29 is 14.0 Å². The van der Waals surface area contributed by atoms with Gasteiger partial charge >= 0.3 is 0 Å². The molecule has 9 heteroatoms. The summed E-state index contributed by atoms with van der Waals surface area (Å²) in [5.41, 5.74) is 2.25. The molecule has 0 aliphatic rings. The molecule has 31 heavy (non-hydrogen) atoms. The summed E-state index contributed by atoms with van der Waals surface area (Å²) in [4.78, 5) is 27.9. The van der Waals surface area contributed by atoms with E-state index in [0.717, 1.165) is 15.9 Å². The van der Waals surface area contributed by atoms with E-state index in [4.69, 9.17) is 11.6 Å². The van der Waals surface area contributed by atoms with E-state index in [1.807, 2.05) is 6.92 Å². The van der Waals surface area contributed by atoms with Crippen LogP contribution in [0.2, 0.25) is 5.02 Å². The molecule has 0 aliphatic heterocycles. The Morgan fingerprint density at radius 1 is 1.13 bits per heavy atom. The first kappa shape index (κ1) is 21.0. The number of nitrogens with one attached hydrogen (secondary N) is 1. The summed E-state index contributed by atoms with van der Waals surface area (Å²) in [6.45, 7) is 1.86. The molecule has 1 N–H and O–H groups in total. The molecule has 6 nitrogen and oxygen atoms in total. The molecule has 0 fully saturated rings. The Morgan fingerprint density at radius 2 is 1.84 bits per heavy atom. The van der Waals surface area contributed by atoms with Gasteiger partial charge in [-0.2, -0.15) is 5.10 Å². The van der Waals surface area contributed by atoms with Crippen LogP contribution >= 0.6 is 22.9 Å². The van der Waals surface area contributed by atoms with E-state index in [1.54, 1.807) is 55.2 Å². The number of thiophene rings is 1. The minimum absolute atomic E-state index is 0.252. The van der Waals surface area contributed by atoms with E-state index in [0.29, 0.717) is 26.8 Å². The monoisotopic (exact) mass is 456 g/mol. The maximum Gasteiger partial charge on any atom is 0.265 e. The fraction of sp³-hybridized carbons (Fsp3) is 0.136. The van der Waals surface area contributed by atoms with Crippen molar-refractivity contribution in [3.63, 3.8) is 0 Å². The molecular formula is C22H18ClFN4O2S. The first-order valence-electron chi connectivity index (χ1n) is 9.32. The zero-order valence-corrected chi connectivity index (χ0v) is 18.5. The van der Waals surface area contributed by atoms with E-state index >= 15 is 0 Å². The second kappa shape index (κ2) is 8.13. The third-order valence-electron chi connectivity index (χ3n) is 4.70. The van der Waals surface area contributed by atoms with Gasteiger partial charge in [0.2, 0.25) is 0 Å². The highest BCUT2D eigenvalue weighted by Gasteiger charge is 2.19. The van der Waals surface area contributed by atoms with Gasteiger partial charge in [0.15, 0.2) is 0 Å². The van der Waals surface area contributed by atoms with E-state index < -0.39 is 0 Å². The van der Waals surface area contributed by atoms with Crippen LogP contribution in [0.4, 0.5) is 10.1 Å². The summed E-state index contributed by atoms with van der Waals surface area (Å²) in [6.07, 6.45) is 0. The van der Waals surface area contributed by atoms with Gasteiger partial charge in [-0.3, -0.25) is 9.59 Å². The molecule has 0 bridgehead atoms. The smallest absolute Gasteiger partial charge is 0.265 e. The highest BCUT2D eigenvalue weighted by molar-refractivity contribution is 7.20. The number of rotatable bonds is 4. The first-order valence-corrected chi connectivity index (χ1v) is 10.5. The molecule has 0 spiro atoms. The number of anilines is 1. The Bertz CT molecular complexity index is 1310. The lowest BCUT2D eigenvalue weighted by Gasteiger charge is -2.13. The molecule has 2 aromatic heterocycles. The predicted octanol–water partition coefficient (Wildman–Crippen LogP) is 5.14. The number of nitrogens with zero attached hydrogens (tertiary/aromatic N) is 3. The van der Waals surface area contributed by atoms with Gasteiger partial charge < -0.3 is 10.2 Å². The average Bonchev–Trinajstić information content (AvgIpc) is 3.30. The molecule has 0 radical (unpaired) electrons. The fourth-order valence-corrected chi connectivity index (χ4v) is 4.39. The SMILES string of the molecule is Cc1nn(-c2ccc(F)cc2)c2sc(C(=O)Nc3ccc(Cl)c(C(=O)N(C)C)c3)cc12. The van der Waals surface area contributed by atoms with Crippen LogP contribution < -0.4 is 5.32 Å². The van der Waals surface area contributed by atoms with Crippen molar-refractivity contribution in [1.82, 2.24) is 14.7 Å². The Balaban J connectivity index is 1.65. The van der Waals surface area contributed by atoms with Gasteiger partial charge in [-0.15, -0.1) is 11.3 Å².